The minimum absolute atomic E-state index is 0.0245. The molecular weight excluding hydrogens is 264 g/mol. The molecule has 0 aromatic heterocycles. The Morgan fingerprint density at radius 1 is 1.37 bits per heavy atom. The monoisotopic (exact) mass is 286 g/mol. The SMILES string of the molecule is C=CCN(CC=C)C(=O)CSCCC(N)C(=O)OC. The molecule has 1 unspecified atom stereocenters. The first kappa shape index (κ1) is 17.7. The van der Waals surface area contributed by atoms with Gasteiger partial charge in [0.2, 0.25) is 5.91 Å². The molecule has 1 amide bonds. The van der Waals surface area contributed by atoms with Crippen LogP contribution in [-0.2, 0) is 14.3 Å². The van der Waals surface area contributed by atoms with Crippen LogP contribution < -0.4 is 5.73 Å². The van der Waals surface area contributed by atoms with Gasteiger partial charge in [-0.1, -0.05) is 12.2 Å². The number of carbonyl (C=O) groups excluding carboxylic acids is 2. The van der Waals surface area contributed by atoms with E-state index in [1.165, 1.54) is 18.9 Å². The van der Waals surface area contributed by atoms with Gasteiger partial charge in [-0.15, -0.1) is 13.2 Å². The van der Waals surface area contributed by atoms with Crippen LogP contribution in [-0.4, -0.2) is 54.5 Å². The third kappa shape index (κ3) is 7.69. The molecule has 0 aliphatic heterocycles. The third-order valence-electron chi connectivity index (χ3n) is 2.35. The second-order valence-electron chi connectivity index (χ2n) is 3.85. The van der Waals surface area contributed by atoms with Crippen molar-refractivity contribution in [3.8, 4) is 0 Å². The Bertz CT molecular complexity index is 311. The molecule has 0 fully saturated rings. The smallest absolute Gasteiger partial charge is 0.322 e. The van der Waals surface area contributed by atoms with E-state index >= 15 is 0 Å². The summed E-state index contributed by atoms with van der Waals surface area (Å²) >= 11 is 1.45. The standard InChI is InChI=1S/C13H22N2O3S/c1-4-7-15(8-5-2)12(16)10-19-9-6-11(14)13(17)18-3/h4-5,11H,1-2,6-10,14H2,3H3. The zero-order valence-electron chi connectivity index (χ0n) is 11.3. The van der Waals surface area contributed by atoms with E-state index < -0.39 is 12.0 Å². The number of hydrogen-bond donors (Lipinski definition) is 1. The maximum absolute atomic E-state index is 11.8. The lowest BCUT2D eigenvalue weighted by Crippen LogP contribution is -2.33. The van der Waals surface area contributed by atoms with Crippen molar-refractivity contribution in [3.63, 3.8) is 0 Å². The summed E-state index contributed by atoms with van der Waals surface area (Å²) in [5.74, 6) is 0.594. The first-order valence-electron chi connectivity index (χ1n) is 5.97. The number of thioether (sulfide) groups is 1. The van der Waals surface area contributed by atoms with Crippen LogP contribution in [0.25, 0.3) is 0 Å². The second-order valence-corrected chi connectivity index (χ2v) is 4.95. The van der Waals surface area contributed by atoms with Crippen LogP contribution in [0, 0.1) is 0 Å². The Labute approximate surface area is 118 Å². The molecule has 0 saturated heterocycles. The van der Waals surface area contributed by atoms with Gasteiger partial charge in [0.15, 0.2) is 0 Å². The maximum atomic E-state index is 11.8. The van der Waals surface area contributed by atoms with Gasteiger partial charge in [-0.25, -0.2) is 0 Å². The Hall–Kier alpha value is -1.27. The fourth-order valence-corrected chi connectivity index (χ4v) is 2.24. The van der Waals surface area contributed by atoms with E-state index in [0.717, 1.165) is 0 Å². The average Bonchev–Trinajstić information content (AvgIpc) is 2.41. The normalized spacial score (nSPS) is 11.5. The Kier molecular flexibility index (Phi) is 9.92. The highest BCUT2D eigenvalue weighted by Crippen LogP contribution is 2.07. The minimum atomic E-state index is -0.620. The molecule has 19 heavy (non-hydrogen) atoms. The molecule has 1 atom stereocenters. The lowest BCUT2D eigenvalue weighted by molar-refractivity contribution is -0.142. The molecule has 2 N–H and O–H groups in total. The lowest BCUT2D eigenvalue weighted by Gasteiger charge is -2.19. The molecule has 108 valence electrons. The van der Waals surface area contributed by atoms with E-state index in [-0.39, 0.29) is 5.91 Å². The van der Waals surface area contributed by atoms with Crippen molar-refractivity contribution in [1.29, 1.82) is 0 Å². The van der Waals surface area contributed by atoms with Crippen LogP contribution in [0.2, 0.25) is 0 Å². The molecule has 6 heteroatoms. The van der Waals surface area contributed by atoms with Crippen molar-refractivity contribution in [2.24, 2.45) is 5.73 Å². The van der Waals surface area contributed by atoms with Crippen LogP contribution in [0.4, 0.5) is 0 Å². The molecular formula is C13H22N2O3S. The molecule has 0 aromatic rings. The molecule has 0 rings (SSSR count). The molecule has 0 heterocycles. The number of hydrogen-bond acceptors (Lipinski definition) is 5. The number of carbonyl (C=O) groups is 2. The first-order chi connectivity index (χ1) is 9.06. The predicted octanol–water partition coefficient (Wildman–Crippen LogP) is 0.811. The van der Waals surface area contributed by atoms with E-state index in [0.29, 0.717) is 31.0 Å². The number of esters is 1. The number of amides is 1. The molecule has 0 radical (unpaired) electrons. The van der Waals surface area contributed by atoms with Gasteiger partial charge in [-0.3, -0.25) is 9.59 Å². The summed E-state index contributed by atoms with van der Waals surface area (Å²) in [5.41, 5.74) is 5.59. The summed E-state index contributed by atoms with van der Waals surface area (Å²) in [4.78, 5) is 24.6. The van der Waals surface area contributed by atoms with Crippen molar-refractivity contribution >= 4 is 23.6 Å². The average molecular weight is 286 g/mol. The van der Waals surface area contributed by atoms with Gasteiger partial charge in [-0.05, 0) is 12.2 Å². The number of methoxy groups -OCH3 is 1. The van der Waals surface area contributed by atoms with E-state index in [1.807, 2.05) is 0 Å². The Balaban J connectivity index is 3.92. The maximum Gasteiger partial charge on any atom is 0.322 e. The van der Waals surface area contributed by atoms with Gasteiger partial charge in [0.25, 0.3) is 0 Å². The van der Waals surface area contributed by atoms with Gasteiger partial charge in [0, 0.05) is 13.1 Å². The van der Waals surface area contributed by atoms with Gasteiger partial charge in [0.1, 0.15) is 6.04 Å². The van der Waals surface area contributed by atoms with Crippen molar-refractivity contribution in [1.82, 2.24) is 4.90 Å². The van der Waals surface area contributed by atoms with Crippen molar-refractivity contribution in [2.45, 2.75) is 12.5 Å². The molecule has 0 spiro atoms. The molecule has 0 aliphatic carbocycles. The van der Waals surface area contributed by atoms with Crippen LogP contribution >= 0.6 is 11.8 Å². The predicted molar refractivity (Wildman–Crippen MR) is 78.9 cm³/mol. The van der Waals surface area contributed by atoms with Crippen LogP contribution in [0.5, 0.6) is 0 Å². The molecule has 0 aromatic carbocycles. The zero-order chi connectivity index (χ0) is 14.7. The Morgan fingerprint density at radius 3 is 2.42 bits per heavy atom. The van der Waals surface area contributed by atoms with Crippen LogP contribution in [0.1, 0.15) is 6.42 Å². The number of nitrogens with zero attached hydrogens (tertiary/aromatic N) is 1. The van der Waals surface area contributed by atoms with E-state index in [1.54, 1.807) is 17.1 Å². The summed E-state index contributed by atoms with van der Waals surface area (Å²) in [5, 5.41) is 0. The highest BCUT2D eigenvalue weighted by molar-refractivity contribution is 7.99. The number of rotatable bonds is 10. The largest absolute Gasteiger partial charge is 0.468 e. The molecule has 5 nitrogen and oxygen atoms in total. The summed E-state index contributed by atoms with van der Waals surface area (Å²) < 4.78 is 4.52. The highest BCUT2D eigenvalue weighted by atomic mass is 32.2. The van der Waals surface area contributed by atoms with Gasteiger partial charge in [-0.2, -0.15) is 11.8 Å². The zero-order valence-corrected chi connectivity index (χ0v) is 12.2. The molecule has 0 saturated carbocycles. The fourth-order valence-electron chi connectivity index (χ4n) is 1.32. The van der Waals surface area contributed by atoms with Gasteiger partial charge >= 0.3 is 5.97 Å². The second kappa shape index (κ2) is 10.6. The number of nitrogens with two attached hydrogens (primary N) is 1. The van der Waals surface area contributed by atoms with Crippen molar-refractivity contribution in [3.05, 3.63) is 25.3 Å². The quantitative estimate of drug-likeness (QED) is 0.365. The highest BCUT2D eigenvalue weighted by Gasteiger charge is 2.14. The number of ether oxygens (including phenoxy) is 1. The van der Waals surface area contributed by atoms with Gasteiger partial charge < -0.3 is 15.4 Å². The van der Waals surface area contributed by atoms with E-state index in [2.05, 4.69) is 17.9 Å². The molecule has 0 bridgehead atoms. The fraction of sp³-hybridized carbons (Fsp3) is 0.538. The van der Waals surface area contributed by atoms with Crippen molar-refractivity contribution in [2.75, 3.05) is 31.7 Å². The van der Waals surface area contributed by atoms with Crippen LogP contribution in [0.3, 0.4) is 0 Å². The Morgan fingerprint density at radius 2 is 1.95 bits per heavy atom. The summed E-state index contributed by atoms with van der Waals surface area (Å²) in [7, 11) is 1.31. The summed E-state index contributed by atoms with van der Waals surface area (Å²) in [6.45, 7) is 8.24. The van der Waals surface area contributed by atoms with Gasteiger partial charge in [0.05, 0.1) is 12.9 Å². The van der Waals surface area contributed by atoms with E-state index in [4.69, 9.17) is 5.73 Å². The van der Waals surface area contributed by atoms with Crippen LogP contribution in [0.15, 0.2) is 25.3 Å². The molecule has 0 aliphatic rings. The van der Waals surface area contributed by atoms with Crippen molar-refractivity contribution < 1.29 is 14.3 Å². The summed E-state index contributed by atoms with van der Waals surface area (Å²) in [6, 6.07) is -0.620. The minimum Gasteiger partial charge on any atom is -0.468 e. The topological polar surface area (TPSA) is 72.6 Å². The first-order valence-corrected chi connectivity index (χ1v) is 7.13. The third-order valence-corrected chi connectivity index (χ3v) is 3.33. The lowest BCUT2D eigenvalue weighted by atomic mass is 10.2. The summed E-state index contributed by atoms with van der Waals surface area (Å²) in [6.07, 6.45) is 3.85. The van der Waals surface area contributed by atoms with E-state index in [9.17, 15) is 9.59 Å².